The average molecular weight is 830 g/mol. The molecule has 0 aliphatic carbocycles. The van der Waals surface area contributed by atoms with Crippen molar-refractivity contribution in [1.82, 2.24) is 45.1 Å². The molecular weight excluding hydrogens is 739 g/mol. The van der Waals surface area contributed by atoms with Crippen LogP contribution in [0.1, 0.15) is 202 Å². The maximum absolute atomic E-state index is 4.25. The van der Waals surface area contributed by atoms with Crippen molar-refractivity contribution in [2.24, 2.45) is 0 Å². The molecule has 60 heavy (non-hydrogen) atoms. The molecule has 0 unspecified atom stereocenters. The Bertz CT molecular complexity index is 1280. The average Bonchev–Trinajstić information content (AvgIpc) is 3.25. The van der Waals surface area contributed by atoms with Crippen LogP contribution in [0.2, 0.25) is 0 Å². The second-order valence-electron chi connectivity index (χ2n) is 16.8. The Morgan fingerprint density at radius 3 is 1.00 bits per heavy atom. The highest BCUT2D eigenvalue weighted by Crippen LogP contribution is 2.20. The fourth-order valence-electron chi connectivity index (χ4n) is 3.62. The van der Waals surface area contributed by atoms with Gasteiger partial charge in [0, 0.05) is 88.0 Å². The third-order valence-electron chi connectivity index (χ3n) is 6.69. The van der Waals surface area contributed by atoms with Crippen molar-refractivity contribution >= 4 is 0 Å². The highest BCUT2D eigenvalue weighted by molar-refractivity contribution is 5.13. The Kier molecular flexibility index (Phi) is 39.1. The van der Waals surface area contributed by atoms with E-state index in [4.69, 9.17) is 0 Å². The SMILES string of the molecule is CC.CC.CC.CC.CC.CC(C)(C)c1ccccn1.CC(C)(C)c1cccnn1.CC(C)(C)c1ccncn1.CC(C)(C)c1cnccn1.CC(C)(C)c1ncccn1. The van der Waals surface area contributed by atoms with Crippen molar-refractivity contribution in [2.75, 3.05) is 0 Å². The Morgan fingerprint density at radius 1 is 0.317 bits per heavy atom. The lowest BCUT2D eigenvalue weighted by atomic mass is 9.92. The molecule has 9 nitrogen and oxygen atoms in total. The summed E-state index contributed by atoms with van der Waals surface area (Å²) in [5.41, 5.74) is 4.94. The van der Waals surface area contributed by atoms with Gasteiger partial charge in [0.05, 0.1) is 11.4 Å². The molecule has 5 aromatic heterocycles. The second-order valence-corrected chi connectivity index (χ2v) is 16.8. The van der Waals surface area contributed by atoms with Crippen molar-refractivity contribution in [1.29, 1.82) is 0 Å². The molecule has 0 fully saturated rings. The smallest absolute Gasteiger partial charge is 0.133 e. The van der Waals surface area contributed by atoms with E-state index in [0.29, 0.717) is 0 Å². The lowest BCUT2D eigenvalue weighted by Gasteiger charge is -2.16. The van der Waals surface area contributed by atoms with Crippen LogP contribution in [0.25, 0.3) is 0 Å². The van der Waals surface area contributed by atoms with Gasteiger partial charge in [-0.3, -0.25) is 15.0 Å². The van der Waals surface area contributed by atoms with Crippen molar-refractivity contribution < 1.29 is 0 Å². The normalized spacial score (nSPS) is 10.1. The molecule has 0 aliphatic rings. The zero-order chi connectivity index (χ0) is 48.1. The molecule has 5 heterocycles. The van der Waals surface area contributed by atoms with E-state index in [9.17, 15) is 0 Å². The number of hydrogen-bond acceptors (Lipinski definition) is 9. The first-order valence-corrected chi connectivity index (χ1v) is 22.0. The topological polar surface area (TPSA) is 116 Å². The molecular formula is C51H91N9. The van der Waals surface area contributed by atoms with Crippen LogP contribution in [0.5, 0.6) is 0 Å². The van der Waals surface area contributed by atoms with Crippen LogP contribution in [-0.2, 0) is 27.1 Å². The molecule has 0 radical (unpaired) electrons. The molecule has 5 aromatic rings. The van der Waals surface area contributed by atoms with Gasteiger partial charge in [-0.2, -0.15) is 10.2 Å². The Balaban J connectivity index is -0.000000199. The predicted molar refractivity (Wildman–Crippen MR) is 263 cm³/mol. The summed E-state index contributed by atoms with van der Waals surface area (Å²) in [6.45, 7) is 51.9. The van der Waals surface area contributed by atoms with E-state index >= 15 is 0 Å². The third kappa shape index (κ3) is 34.3. The van der Waals surface area contributed by atoms with Gasteiger partial charge in [-0.1, -0.05) is 179 Å². The van der Waals surface area contributed by atoms with Gasteiger partial charge in [0.1, 0.15) is 12.2 Å². The quantitative estimate of drug-likeness (QED) is 0.150. The van der Waals surface area contributed by atoms with Crippen LogP contribution in [0.3, 0.4) is 0 Å². The summed E-state index contributed by atoms with van der Waals surface area (Å²) >= 11 is 0. The zero-order valence-corrected chi connectivity index (χ0v) is 43.3. The molecule has 0 aliphatic heterocycles. The van der Waals surface area contributed by atoms with Gasteiger partial charge in [0.25, 0.3) is 0 Å². The van der Waals surface area contributed by atoms with Crippen LogP contribution in [0.15, 0.2) is 98.4 Å². The molecule has 0 saturated heterocycles. The largest absolute Gasteiger partial charge is 0.261 e. The lowest BCUT2D eigenvalue weighted by molar-refractivity contribution is 0.545. The minimum absolute atomic E-state index is 0.0707. The van der Waals surface area contributed by atoms with Crippen LogP contribution < -0.4 is 0 Å². The monoisotopic (exact) mass is 830 g/mol. The minimum Gasteiger partial charge on any atom is -0.261 e. The number of aromatic nitrogens is 9. The highest BCUT2D eigenvalue weighted by atomic mass is 15.1. The minimum atomic E-state index is 0.0707. The van der Waals surface area contributed by atoms with Crippen LogP contribution in [-0.4, -0.2) is 45.1 Å². The van der Waals surface area contributed by atoms with Gasteiger partial charge in [0.2, 0.25) is 0 Å². The van der Waals surface area contributed by atoms with E-state index in [0.717, 1.165) is 28.6 Å². The molecule has 0 saturated carbocycles. The van der Waals surface area contributed by atoms with Gasteiger partial charge in [-0.25, -0.2) is 19.9 Å². The van der Waals surface area contributed by atoms with Crippen molar-refractivity contribution in [3.8, 4) is 0 Å². The van der Waals surface area contributed by atoms with Crippen LogP contribution >= 0.6 is 0 Å². The fourth-order valence-corrected chi connectivity index (χ4v) is 3.62. The van der Waals surface area contributed by atoms with E-state index in [-0.39, 0.29) is 27.1 Å². The Labute approximate surface area is 371 Å². The van der Waals surface area contributed by atoms with E-state index in [1.807, 2.05) is 112 Å². The maximum Gasteiger partial charge on any atom is 0.133 e. The summed E-state index contributed by atoms with van der Waals surface area (Å²) in [4.78, 5) is 28.7. The summed E-state index contributed by atoms with van der Waals surface area (Å²) in [6.07, 6.45) is 15.6. The van der Waals surface area contributed by atoms with E-state index < -0.39 is 0 Å². The number of nitrogens with zero attached hydrogens (tertiary/aromatic N) is 9. The zero-order valence-electron chi connectivity index (χ0n) is 43.3. The summed E-state index contributed by atoms with van der Waals surface area (Å²) in [5.74, 6) is 0.898. The van der Waals surface area contributed by atoms with E-state index in [1.54, 1.807) is 49.7 Å². The van der Waals surface area contributed by atoms with Gasteiger partial charge in [-0.15, -0.1) is 0 Å². The molecule has 0 aromatic carbocycles. The van der Waals surface area contributed by atoms with Crippen LogP contribution in [0.4, 0.5) is 0 Å². The van der Waals surface area contributed by atoms with E-state index in [1.165, 1.54) is 0 Å². The number of hydrogen-bond donors (Lipinski definition) is 0. The number of rotatable bonds is 0. The molecule has 5 rings (SSSR count). The Hall–Kier alpha value is -4.53. The molecule has 0 amide bonds. The molecule has 9 heteroatoms. The summed E-state index contributed by atoms with van der Waals surface area (Å²) in [7, 11) is 0. The molecule has 340 valence electrons. The summed E-state index contributed by atoms with van der Waals surface area (Å²) < 4.78 is 0. The first-order valence-electron chi connectivity index (χ1n) is 22.0. The maximum atomic E-state index is 4.25. The molecule has 0 spiro atoms. The first-order chi connectivity index (χ1) is 28.0. The van der Waals surface area contributed by atoms with E-state index in [2.05, 4.69) is 155 Å². The van der Waals surface area contributed by atoms with Gasteiger partial charge in [-0.05, 0) is 36.4 Å². The van der Waals surface area contributed by atoms with Gasteiger partial charge in [0.15, 0.2) is 0 Å². The number of pyridine rings is 1. The first kappa shape index (κ1) is 64.6. The molecule has 0 bridgehead atoms. The highest BCUT2D eigenvalue weighted by Gasteiger charge is 2.17. The van der Waals surface area contributed by atoms with Crippen molar-refractivity contribution in [3.63, 3.8) is 0 Å². The van der Waals surface area contributed by atoms with Gasteiger partial charge < -0.3 is 0 Å². The predicted octanol–water partition coefficient (Wildman–Crippen LogP) is 14.6. The Morgan fingerprint density at radius 2 is 0.750 bits per heavy atom. The second kappa shape index (κ2) is 36.3. The van der Waals surface area contributed by atoms with Crippen molar-refractivity contribution in [2.45, 2.75) is 200 Å². The molecule has 0 N–H and O–H groups in total. The standard InChI is InChI=1S/C9H13N.4C8H12N2.5C2H6/c1-9(2,3)8-6-4-5-7-10-8;1-8(2,3)7-6-9-4-5-10-7;1-8(2,3)7-4-5-9-6-10-7;1-8(2,3)7-9-5-4-6-10-7;1-8(2,3)7-5-4-6-9-10-7;5*1-2/h4-7H,1-3H3;4*4-6H,1-3H3;5*1-2H3. The fraction of sp³-hybridized carbons (Fsp3) is 0.588. The summed E-state index contributed by atoms with van der Waals surface area (Å²) in [5, 5.41) is 7.80. The lowest BCUT2D eigenvalue weighted by Crippen LogP contribution is -2.14. The van der Waals surface area contributed by atoms with Crippen molar-refractivity contribution in [3.05, 3.63) is 127 Å². The van der Waals surface area contributed by atoms with Gasteiger partial charge >= 0.3 is 0 Å². The van der Waals surface area contributed by atoms with Crippen LogP contribution in [0, 0.1) is 0 Å². The molecule has 0 atom stereocenters. The summed E-state index contributed by atoms with van der Waals surface area (Å²) in [6, 6.07) is 13.7. The third-order valence-corrected chi connectivity index (χ3v) is 6.69.